The number of nitrogens with zero attached hydrogens (tertiary/aromatic N) is 2. The summed E-state index contributed by atoms with van der Waals surface area (Å²) in [5.74, 6) is -0.379. The second kappa shape index (κ2) is 8.19. The number of carbonyl (C=O) groups excluding carboxylic acids is 2. The maximum absolute atomic E-state index is 12.3. The molecule has 1 saturated heterocycles. The molecule has 0 radical (unpaired) electrons. The van der Waals surface area contributed by atoms with Crippen LogP contribution in [0.3, 0.4) is 0 Å². The van der Waals surface area contributed by atoms with Gasteiger partial charge in [0.1, 0.15) is 5.75 Å². The lowest BCUT2D eigenvalue weighted by Gasteiger charge is -2.33. The van der Waals surface area contributed by atoms with Gasteiger partial charge >= 0.3 is 0 Å². The van der Waals surface area contributed by atoms with E-state index in [1.807, 2.05) is 0 Å². The Hall–Kier alpha value is -1.25. The van der Waals surface area contributed by atoms with Crippen molar-refractivity contribution in [3.05, 3.63) is 18.2 Å². The van der Waals surface area contributed by atoms with Gasteiger partial charge in [0.05, 0.1) is 18.9 Å². The minimum absolute atomic E-state index is 0.0576. The van der Waals surface area contributed by atoms with Crippen LogP contribution in [0.4, 0.5) is 11.4 Å². The summed E-state index contributed by atoms with van der Waals surface area (Å²) >= 11 is 16.7. The third kappa shape index (κ3) is 4.72. The van der Waals surface area contributed by atoms with E-state index in [0.717, 1.165) is 19.6 Å². The van der Waals surface area contributed by atoms with E-state index in [0.29, 0.717) is 36.9 Å². The Morgan fingerprint density at radius 3 is 2.62 bits per heavy atom. The van der Waals surface area contributed by atoms with Crippen molar-refractivity contribution < 1.29 is 19.1 Å². The molecule has 10 heteroatoms. The van der Waals surface area contributed by atoms with Gasteiger partial charge in [-0.3, -0.25) is 14.5 Å². The van der Waals surface area contributed by atoms with Gasteiger partial charge in [-0.25, -0.2) is 0 Å². The van der Waals surface area contributed by atoms with Gasteiger partial charge in [-0.15, -0.1) is 0 Å². The van der Waals surface area contributed by atoms with Gasteiger partial charge in [0.15, 0.2) is 6.61 Å². The summed E-state index contributed by atoms with van der Waals surface area (Å²) in [6.07, 6.45) is 0. The van der Waals surface area contributed by atoms with Crippen molar-refractivity contribution in [3.8, 4) is 5.75 Å². The van der Waals surface area contributed by atoms with E-state index in [9.17, 15) is 9.59 Å². The molecule has 0 spiro atoms. The third-order valence-electron chi connectivity index (χ3n) is 4.16. The van der Waals surface area contributed by atoms with E-state index in [-0.39, 0.29) is 12.5 Å². The van der Waals surface area contributed by atoms with E-state index >= 15 is 0 Å². The molecule has 2 amide bonds. The van der Waals surface area contributed by atoms with Crippen LogP contribution in [0.15, 0.2) is 18.2 Å². The monoisotopic (exact) mass is 421 g/mol. The number of nitrogens with one attached hydrogen (secondary N) is 1. The minimum Gasteiger partial charge on any atom is -0.481 e. The van der Waals surface area contributed by atoms with E-state index in [1.54, 1.807) is 23.1 Å². The Morgan fingerprint density at radius 2 is 1.92 bits per heavy atom. The molecule has 1 fully saturated rings. The Morgan fingerprint density at radius 1 is 1.19 bits per heavy atom. The van der Waals surface area contributed by atoms with Gasteiger partial charge in [0, 0.05) is 37.9 Å². The number of hydrogen-bond donors (Lipinski definition) is 1. The number of halogens is 3. The molecule has 2 heterocycles. The number of anilines is 2. The molecular weight excluding hydrogens is 405 g/mol. The lowest BCUT2D eigenvalue weighted by Crippen LogP contribution is -2.45. The molecule has 2 aliphatic heterocycles. The summed E-state index contributed by atoms with van der Waals surface area (Å²) in [6, 6.07) is 4.95. The SMILES string of the molecule is O=C1COc2cc(NC(=O)C(Cl)(Cl)Cl)ccc2N1CCN1CCOCC1. The summed E-state index contributed by atoms with van der Waals surface area (Å²) in [4.78, 5) is 28.0. The van der Waals surface area contributed by atoms with Crippen molar-refractivity contribution in [3.63, 3.8) is 0 Å². The predicted octanol–water partition coefficient (Wildman–Crippen LogP) is 2.05. The quantitative estimate of drug-likeness (QED) is 0.752. The Balaban J connectivity index is 1.70. The molecule has 0 aromatic heterocycles. The predicted molar refractivity (Wildman–Crippen MR) is 100 cm³/mol. The van der Waals surface area contributed by atoms with E-state index < -0.39 is 9.70 Å². The lowest BCUT2D eigenvalue weighted by molar-refractivity contribution is -0.121. The summed E-state index contributed by atoms with van der Waals surface area (Å²) in [6.45, 7) is 4.37. The Labute approximate surface area is 166 Å². The molecule has 142 valence electrons. The first kappa shape index (κ1) is 19.5. The van der Waals surface area contributed by atoms with Gasteiger partial charge in [-0.05, 0) is 12.1 Å². The third-order valence-corrected chi connectivity index (χ3v) is 4.68. The highest BCUT2D eigenvalue weighted by atomic mass is 35.6. The fraction of sp³-hybridized carbons (Fsp3) is 0.500. The van der Waals surface area contributed by atoms with Crippen LogP contribution in [0, 0.1) is 0 Å². The zero-order chi connectivity index (χ0) is 18.7. The zero-order valence-electron chi connectivity index (χ0n) is 13.8. The first-order valence-corrected chi connectivity index (χ1v) is 9.23. The summed E-state index contributed by atoms with van der Waals surface area (Å²) < 4.78 is 8.76. The van der Waals surface area contributed by atoms with E-state index in [1.165, 1.54) is 0 Å². The van der Waals surface area contributed by atoms with Crippen LogP contribution in [0.5, 0.6) is 5.75 Å². The van der Waals surface area contributed by atoms with Gasteiger partial charge in [-0.1, -0.05) is 34.8 Å². The number of morpholine rings is 1. The van der Waals surface area contributed by atoms with Crippen LogP contribution in [0.2, 0.25) is 0 Å². The molecule has 0 bridgehead atoms. The van der Waals surface area contributed by atoms with E-state index in [2.05, 4.69) is 10.2 Å². The van der Waals surface area contributed by atoms with Crippen LogP contribution >= 0.6 is 34.8 Å². The fourth-order valence-corrected chi connectivity index (χ4v) is 2.94. The van der Waals surface area contributed by atoms with Crippen molar-refractivity contribution in [2.45, 2.75) is 3.79 Å². The number of hydrogen-bond acceptors (Lipinski definition) is 5. The number of rotatable bonds is 4. The highest BCUT2D eigenvalue weighted by molar-refractivity contribution is 6.76. The number of carbonyl (C=O) groups is 2. The first-order valence-electron chi connectivity index (χ1n) is 8.10. The number of alkyl halides is 3. The van der Waals surface area contributed by atoms with E-state index in [4.69, 9.17) is 44.3 Å². The van der Waals surface area contributed by atoms with Crippen molar-refractivity contribution in [1.82, 2.24) is 4.90 Å². The van der Waals surface area contributed by atoms with Crippen molar-refractivity contribution >= 4 is 58.0 Å². The average molecular weight is 423 g/mol. The van der Waals surface area contributed by atoms with Crippen LogP contribution in [0.1, 0.15) is 0 Å². The average Bonchev–Trinajstić information content (AvgIpc) is 2.61. The molecule has 1 aromatic rings. The van der Waals surface area contributed by atoms with Gasteiger partial charge < -0.3 is 19.7 Å². The molecule has 26 heavy (non-hydrogen) atoms. The van der Waals surface area contributed by atoms with Crippen molar-refractivity contribution in [1.29, 1.82) is 0 Å². The molecule has 0 saturated carbocycles. The van der Waals surface area contributed by atoms with Crippen LogP contribution in [0.25, 0.3) is 0 Å². The molecular formula is C16H18Cl3N3O4. The first-order chi connectivity index (χ1) is 12.3. The fourth-order valence-electron chi connectivity index (χ4n) is 2.80. The number of ether oxygens (including phenoxy) is 2. The number of fused-ring (bicyclic) bond motifs is 1. The van der Waals surface area contributed by atoms with Gasteiger partial charge in [0.2, 0.25) is 0 Å². The second-order valence-electron chi connectivity index (χ2n) is 5.92. The summed E-state index contributed by atoms with van der Waals surface area (Å²) in [5.41, 5.74) is 1.07. The molecule has 1 aromatic carbocycles. The maximum Gasteiger partial charge on any atom is 0.276 e. The largest absolute Gasteiger partial charge is 0.481 e. The second-order valence-corrected chi connectivity index (χ2v) is 8.20. The maximum atomic E-state index is 12.3. The summed E-state index contributed by atoms with van der Waals surface area (Å²) in [5, 5.41) is 2.50. The summed E-state index contributed by atoms with van der Waals surface area (Å²) in [7, 11) is 0. The topological polar surface area (TPSA) is 71.1 Å². The van der Waals surface area contributed by atoms with Crippen LogP contribution < -0.4 is 15.0 Å². The molecule has 0 aliphatic carbocycles. The standard InChI is InChI=1S/C16H18Cl3N3O4/c17-16(18,19)15(24)20-11-1-2-12-13(9-11)26-10-14(23)22(12)4-3-21-5-7-25-8-6-21/h1-2,9H,3-8,10H2,(H,20,24). The minimum atomic E-state index is -2.06. The van der Waals surface area contributed by atoms with Crippen molar-refractivity contribution in [2.75, 3.05) is 56.2 Å². The zero-order valence-corrected chi connectivity index (χ0v) is 16.1. The molecule has 7 nitrogen and oxygen atoms in total. The molecule has 0 unspecified atom stereocenters. The Bertz CT molecular complexity index is 690. The highest BCUT2D eigenvalue weighted by Crippen LogP contribution is 2.35. The highest BCUT2D eigenvalue weighted by Gasteiger charge is 2.31. The molecule has 3 rings (SSSR count). The van der Waals surface area contributed by atoms with Crippen LogP contribution in [-0.2, 0) is 14.3 Å². The Kier molecular flexibility index (Phi) is 6.14. The smallest absolute Gasteiger partial charge is 0.276 e. The van der Waals surface area contributed by atoms with Gasteiger partial charge in [0.25, 0.3) is 15.6 Å². The van der Waals surface area contributed by atoms with Crippen molar-refractivity contribution in [2.24, 2.45) is 0 Å². The number of amides is 2. The number of benzene rings is 1. The lowest BCUT2D eigenvalue weighted by atomic mass is 10.2. The molecule has 0 atom stereocenters. The normalized spacial score (nSPS) is 18.3. The molecule has 2 aliphatic rings. The van der Waals surface area contributed by atoms with Gasteiger partial charge in [-0.2, -0.15) is 0 Å². The van der Waals surface area contributed by atoms with Crippen LogP contribution in [-0.4, -0.2) is 66.5 Å². The molecule has 1 N–H and O–H groups in total.